The summed E-state index contributed by atoms with van der Waals surface area (Å²) >= 11 is 1.46. The van der Waals surface area contributed by atoms with Crippen LogP contribution >= 0.6 is 11.3 Å². The van der Waals surface area contributed by atoms with Crippen molar-refractivity contribution in [3.63, 3.8) is 0 Å². The van der Waals surface area contributed by atoms with Crippen molar-refractivity contribution in [2.75, 3.05) is 25.1 Å². The standard InChI is InChI=1S/C18H20N2O4S/c1-11-15(12-4-5-13-14(10-12)23-9-8-22-13)19-17(25-11)20-16(21)18(2)6-3-7-24-18/h4-5,10H,3,6-9H2,1-2H3,(H,19,20,21)/t18-/m0/s1. The van der Waals surface area contributed by atoms with Crippen LogP contribution in [-0.2, 0) is 9.53 Å². The molecular weight excluding hydrogens is 340 g/mol. The molecule has 1 atom stereocenters. The van der Waals surface area contributed by atoms with Gasteiger partial charge in [-0.25, -0.2) is 4.98 Å². The molecule has 3 heterocycles. The molecule has 4 rings (SSSR count). The number of carbonyl (C=O) groups excluding carboxylic acids is 1. The summed E-state index contributed by atoms with van der Waals surface area (Å²) in [6.45, 7) is 5.57. The van der Waals surface area contributed by atoms with E-state index in [1.165, 1.54) is 11.3 Å². The van der Waals surface area contributed by atoms with Crippen LogP contribution in [0.3, 0.4) is 0 Å². The number of nitrogens with zero attached hydrogens (tertiary/aromatic N) is 1. The van der Waals surface area contributed by atoms with Gasteiger partial charge in [-0.05, 0) is 44.9 Å². The zero-order chi connectivity index (χ0) is 17.4. The number of anilines is 1. The quantitative estimate of drug-likeness (QED) is 0.908. The second-order valence-corrected chi connectivity index (χ2v) is 7.62. The Morgan fingerprint density at radius 2 is 2.04 bits per heavy atom. The number of amides is 1. The zero-order valence-electron chi connectivity index (χ0n) is 14.3. The van der Waals surface area contributed by atoms with Gasteiger partial charge >= 0.3 is 0 Å². The van der Waals surface area contributed by atoms with Gasteiger partial charge in [-0.3, -0.25) is 10.1 Å². The van der Waals surface area contributed by atoms with Crippen molar-refractivity contribution >= 4 is 22.4 Å². The normalized spacial score (nSPS) is 22.0. The lowest BCUT2D eigenvalue weighted by Gasteiger charge is -2.20. The third kappa shape index (κ3) is 3.09. The minimum absolute atomic E-state index is 0.132. The summed E-state index contributed by atoms with van der Waals surface area (Å²) in [4.78, 5) is 18.1. The predicted octanol–water partition coefficient (Wildman–Crippen LogP) is 3.40. The molecule has 0 radical (unpaired) electrons. The summed E-state index contributed by atoms with van der Waals surface area (Å²) in [6.07, 6.45) is 1.64. The maximum Gasteiger partial charge on any atom is 0.258 e. The van der Waals surface area contributed by atoms with Gasteiger partial charge in [0.15, 0.2) is 16.6 Å². The highest BCUT2D eigenvalue weighted by Gasteiger charge is 2.38. The average Bonchev–Trinajstić information content (AvgIpc) is 3.21. The van der Waals surface area contributed by atoms with Crippen molar-refractivity contribution in [1.82, 2.24) is 4.98 Å². The van der Waals surface area contributed by atoms with Crippen molar-refractivity contribution in [3.05, 3.63) is 23.1 Å². The van der Waals surface area contributed by atoms with Gasteiger partial charge in [0.1, 0.15) is 18.8 Å². The Hall–Kier alpha value is -2.12. The molecule has 1 fully saturated rings. The van der Waals surface area contributed by atoms with Gasteiger partial charge < -0.3 is 14.2 Å². The van der Waals surface area contributed by atoms with Crippen molar-refractivity contribution in [1.29, 1.82) is 0 Å². The van der Waals surface area contributed by atoms with Crippen molar-refractivity contribution in [2.45, 2.75) is 32.3 Å². The Bertz CT molecular complexity index is 811. The molecule has 1 saturated heterocycles. The summed E-state index contributed by atoms with van der Waals surface area (Å²) in [7, 11) is 0. The van der Waals surface area contributed by atoms with Gasteiger partial charge in [0.25, 0.3) is 5.91 Å². The number of aromatic nitrogens is 1. The van der Waals surface area contributed by atoms with Gasteiger partial charge in [-0.15, -0.1) is 11.3 Å². The van der Waals surface area contributed by atoms with E-state index in [4.69, 9.17) is 14.2 Å². The van der Waals surface area contributed by atoms with Crippen molar-refractivity contribution < 1.29 is 19.0 Å². The second kappa shape index (κ2) is 6.31. The van der Waals surface area contributed by atoms with Crippen LogP contribution in [0.1, 0.15) is 24.6 Å². The monoisotopic (exact) mass is 360 g/mol. The topological polar surface area (TPSA) is 69.7 Å². The summed E-state index contributed by atoms with van der Waals surface area (Å²) in [5.74, 6) is 1.35. The molecule has 2 aliphatic heterocycles. The minimum Gasteiger partial charge on any atom is -0.486 e. The molecule has 2 aromatic rings. The van der Waals surface area contributed by atoms with E-state index in [2.05, 4.69) is 10.3 Å². The first-order chi connectivity index (χ1) is 12.0. The highest BCUT2D eigenvalue weighted by atomic mass is 32.1. The largest absolute Gasteiger partial charge is 0.486 e. The fourth-order valence-electron chi connectivity index (χ4n) is 3.10. The fraction of sp³-hybridized carbons (Fsp3) is 0.444. The number of thiazole rings is 1. The van der Waals surface area contributed by atoms with Gasteiger partial charge in [0.2, 0.25) is 0 Å². The summed E-state index contributed by atoms with van der Waals surface area (Å²) < 4.78 is 16.8. The van der Waals surface area contributed by atoms with Crippen LogP contribution in [0.15, 0.2) is 18.2 Å². The fourth-order valence-corrected chi connectivity index (χ4v) is 3.93. The van der Waals surface area contributed by atoms with E-state index in [1.54, 1.807) is 0 Å². The number of carbonyl (C=O) groups is 1. The number of hydrogen-bond acceptors (Lipinski definition) is 6. The van der Waals surface area contributed by atoms with Crippen molar-refractivity contribution in [2.24, 2.45) is 0 Å². The van der Waals surface area contributed by atoms with Gasteiger partial charge in [0, 0.05) is 17.0 Å². The van der Waals surface area contributed by atoms with Crippen LogP contribution < -0.4 is 14.8 Å². The number of rotatable bonds is 3. The Morgan fingerprint density at radius 1 is 1.24 bits per heavy atom. The van der Waals surface area contributed by atoms with Crippen LogP contribution in [0.2, 0.25) is 0 Å². The molecule has 1 aromatic carbocycles. The van der Waals surface area contributed by atoms with Gasteiger partial charge in [-0.1, -0.05) is 0 Å². The molecular formula is C18H20N2O4S. The van der Waals surface area contributed by atoms with E-state index in [0.717, 1.165) is 40.5 Å². The Labute approximate surface area is 150 Å². The number of nitrogens with one attached hydrogen (secondary N) is 1. The number of benzene rings is 1. The minimum atomic E-state index is -0.753. The number of aryl methyl sites for hydroxylation is 1. The molecule has 1 N–H and O–H groups in total. The third-order valence-electron chi connectivity index (χ3n) is 4.53. The van der Waals surface area contributed by atoms with E-state index in [-0.39, 0.29) is 5.91 Å². The second-order valence-electron chi connectivity index (χ2n) is 6.42. The van der Waals surface area contributed by atoms with Crippen LogP contribution in [0, 0.1) is 6.92 Å². The van der Waals surface area contributed by atoms with E-state index in [1.807, 2.05) is 32.0 Å². The molecule has 0 bridgehead atoms. The molecule has 0 unspecified atom stereocenters. The summed E-state index contributed by atoms with van der Waals surface area (Å²) in [5, 5.41) is 3.49. The first-order valence-corrected chi connectivity index (χ1v) is 9.20. The van der Waals surface area contributed by atoms with Gasteiger partial charge in [0.05, 0.1) is 5.69 Å². The van der Waals surface area contributed by atoms with Crippen LogP contribution in [0.4, 0.5) is 5.13 Å². The van der Waals surface area contributed by atoms with E-state index < -0.39 is 5.60 Å². The highest BCUT2D eigenvalue weighted by molar-refractivity contribution is 7.16. The van der Waals surface area contributed by atoms with E-state index >= 15 is 0 Å². The lowest BCUT2D eigenvalue weighted by Crippen LogP contribution is -2.39. The van der Waals surface area contributed by atoms with Crippen LogP contribution in [-0.4, -0.2) is 36.3 Å². The molecule has 7 heteroatoms. The molecule has 2 aliphatic rings. The maximum atomic E-state index is 12.5. The zero-order valence-corrected chi connectivity index (χ0v) is 15.1. The van der Waals surface area contributed by atoms with E-state index in [9.17, 15) is 4.79 Å². The van der Waals surface area contributed by atoms with E-state index in [0.29, 0.717) is 25.0 Å². The van der Waals surface area contributed by atoms with Crippen molar-refractivity contribution in [3.8, 4) is 22.8 Å². The Kier molecular flexibility index (Phi) is 4.13. The number of hydrogen-bond donors (Lipinski definition) is 1. The summed E-state index contributed by atoms with van der Waals surface area (Å²) in [5.41, 5.74) is 1.04. The highest BCUT2D eigenvalue weighted by Crippen LogP contribution is 2.37. The lowest BCUT2D eigenvalue weighted by atomic mass is 10.0. The smallest absolute Gasteiger partial charge is 0.258 e. The first kappa shape index (κ1) is 16.4. The van der Waals surface area contributed by atoms with Gasteiger partial charge in [-0.2, -0.15) is 0 Å². The first-order valence-electron chi connectivity index (χ1n) is 8.38. The Morgan fingerprint density at radius 3 is 2.80 bits per heavy atom. The molecule has 0 spiro atoms. The third-order valence-corrected chi connectivity index (χ3v) is 5.42. The molecule has 25 heavy (non-hydrogen) atoms. The molecule has 132 valence electrons. The Balaban J connectivity index is 1.57. The molecule has 1 aromatic heterocycles. The molecule has 0 aliphatic carbocycles. The SMILES string of the molecule is Cc1sc(NC(=O)[C@]2(C)CCCO2)nc1-c1ccc2c(c1)OCCO2. The summed E-state index contributed by atoms with van der Waals surface area (Å²) in [6, 6.07) is 5.79. The van der Waals surface area contributed by atoms with Crippen LogP contribution in [0.5, 0.6) is 11.5 Å². The average molecular weight is 360 g/mol. The predicted molar refractivity (Wildman–Crippen MR) is 95.5 cm³/mol. The number of ether oxygens (including phenoxy) is 3. The number of fused-ring (bicyclic) bond motifs is 1. The molecule has 1 amide bonds. The maximum absolute atomic E-state index is 12.5. The molecule has 6 nitrogen and oxygen atoms in total. The molecule has 0 saturated carbocycles. The lowest BCUT2D eigenvalue weighted by molar-refractivity contribution is -0.133. The van der Waals surface area contributed by atoms with Crippen LogP contribution in [0.25, 0.3) is 11.3 Å².